The van der Waals surface area contributed by atoms with Gasteiger partial charge in [0, 0.05) is 12.0 Å². The first kappa shape index (κ1) is 22.8. The van der Waals surface area contributed by atoms with Crippen LogP contribution < -0.4 is 13.2 Å². The lowest BCUT2D eigenvalue weighted by Gasteiger charge is -2.21. The maximum atomic E-state index is 12.0. The quantitative estimate of drug-likeness (QED) is 0.575. The van der Waals surface area contributed by atoms with Crippen molar-refractivity contribution in [2.24, 2.45) is 0 Å². The highest BCUT2D eigenvalue weighted by Gasteiger charge is 2.30. The van der Waals surface area contributed by atoms with Crippen LogP contribution in [0.3, 0.4) is 0 Å². The molecule has 0 unspecified atom stereocenters. The van der Waals surface area contributed by atoms with Gasteiger partial charge in [-0.05, 0) is 34.7 Å². The molecule has 0 atom stereocenters. The SMILES string of the molecule is CC(C)(C)c1ccc(OS(C)(=O)=O)c(Cc2ccc(N3C=C(O)NS3(=O)=O)c(O)c2)c1. The summed E-state index contributed by atoms with van der Waals surface area (Å²) in [6.07, 6.45) is 2.13. The first-order chi connectivity index (χ1) is 14.2. The lowest BCUT2D eigenvalue weighted by molar-refractivity contribution is 0.392. The summed E-state index contributed by atoms with van der Waals surface area (Å²) in [5.41, 5.74) is 1.94. The van der Waals surface area contributed by atoms with Crippen molar-refractivity contribution in [1.29, 1.82) is 0 Å². The molecule has 2 aromatic rings. The second-order valence-electron chi connectivity index (χ2n) is 8.28. The molecule has 0 bridgehead atoms. The molecule has 3 N–H and O–H groups in total. The van der Waals surface area contributed by atoms with E-state index in [0.717, 1.165) is 22.3 Å². The van der Waals surface area contributed by atoms with Crippen molar-refractivity contribution in [2.75, 3.05) is 10.6 Å². The van der Waals surface area contributed by atoms with Crippen LogP contribution in [-0.4, -0.2) is 33.3 Å². The molecule has 3 rings (SSSR count). The summed E-state index contributed by atoms with van der Waals surface area (Å²) in [5.74, 6) is -0.713. The molecule has 1 aliphatic heterocycles. The number of aromatic hydroxyl groups is 1. The normalized spacial score (nSPS) is 16.0. The minimum atomic E-state index is -4.04. The Morgan fingerprint density at radius 2 is 1.77 bits per heavy atom. The van der Waals surface area contributed by atoms with E-state index < -0.39 is 26.2 Å². The highest BCUT2D eigenvalue weighted by atomic mass is 32.2. The molecule has 1 heterocycles. The Morgan fingerprint density at radius 3 is 2.29 bits per heavy atom. The van der Waals surface area contributed by atoms with E-state index in [1.54, 1.807) is 18.2 Å². The van der Waals surface area contributed by atoms with Gasteiger partial charge in [-0.2, -0.15) is 16.8 Å². The molecule has 0 fully saturated rings. The molecule has 0 radical (unpaired) electrons. The zero-order valence-corrected chi connectivity index (χ0v) is 19.1. The fourth-order valence-electron chi connectivity index (χ4n) is 3.10. The summed E-state index contributed by atoms with van der Waals surface area (Å²) in [7, 11) is -7.78. The smallest absolute Gasteiger partial charge is 0.330 e. The van der Waals surface area contributed by atoms with Crippen LogP contribution in [0, 0.1) is 0 Å². The number of aliphatic hydroxyl groups is 1. The molecule has 11 heteroatoms. The number of hydrogen-bond donors (Lipinski definition) is 3. The van der Waals surface area contributed by atoms with Gasteiger partial charge < -0.3 is 14.4 Å². The van der Waals surface area contributed by atoms with Crippen molar-refractivity contribution in [2.45, 2.75) is 32.6 Å². The number of phenols is 1. The van der Waals surface area contributed by atoms with Crippen LogP contribution in [0.25, 0.3) is 0 Å². The minimum absolute atomic E-state index is 0.0450. The van der Waals surface area contributed by atoms with Crippen LogP contribution >= 0.6 is 0 Å². The van der Waals surface area contributed by atoms with E-state index in [2.05, 4.69) is 0 Å². The Bertz CT molecular complexity index is 1260. The van der Waals surface area contributed by atoms with Crippen LogP contribution in [0.1, 0.15) is 37.5 Å². The fourth-order valence-corrected chi connectivity index (χ4v) is 4.66. The highest BCUT2D eigenvalue weighted by Crippen LogP contribution is 2.35. The number of aliphatic hydroxyl groups excluding tert-OH is 1. The Balaban J connectivity index is 1.99. The molecular formula is C20H24N2O7S2. The Kier molecular flexibility index (Phi) is 5.61. The molecule has 168 valence electrons. The zero-order valence-electron chi connectivity index (χ0n) is 17.4. The third-order valence-corrected chi connectivity index (χ3v) is 6.34. The highest BCUT2D eigenvalue weighted by molar-refractivity contribution is 7.91. The molecule has 0 saturated heterocycles. The van der Waals surface area contributed by atoms with Crippen LogP contribution in [-0.2, 0) is 32.2 Å². The van der Waals surface area contributed by atoms with Gasteiger partial charge in [0.25, 0.3) is 0 Å². The van der Waals surface area contributed by atoms with Crippen LogP contribution in [0.2, 0.25) is 0 Å². The zero-order chi connectivity index (χ0) is 23.2. The minimum Gasteiger partial charge on any atom is -0.506 e. The predicted octanol–water partition coefficient (Wildman–Crippen LogP) is 2.63. The van der Waals surface area contributed by atoms with E-state index in [1.807, 2.05) is 31.6 Å². The molecule has 0 aliphatic carbocycles. The third-order valence-electron chi connectivity index (χ3n) is 4.57. The third kappa shape index (κ3) is 5.23. The lowest BCUT2D eigenvalue weighted by Crippen LogP contribution is -2.29. The summed E-state index contributed by atoms with van der Waals surface area (Å²) >= 11 is 0. The predicted molar refractivity (Wildman–Crippen MR) is 117 cm³/mol. The van der Waals surface area contributed by atoms with Gasteiger partial charge in [0.15, 0.2) is 0 Å². The number of nitrogens with zero attached hydrogens (tertiary/aromatic N) is 1. The number of hydrogen-bond acceptors (Lipinski definition) is 7. The maximum Gasteiger partial charge on any atom is 0.330 e. The fraction of sp³-hybridized carbons (Fsp3) is 0.300. The van der Waals surface area contributed by atoms with Crippen molar-refractivity contribution in [1.82, 2.24) is 4.72 Å². The van der Waals surface area contributed by atoms with Gasteiger partial charge in [-0.25, -0.2) is 9.03 Å². The average Bonchev–Trinajstić information content (AvgIpc) is 2.86. The van der Waals surface area contributed by atoms with Crippen molar-refractivity contribution >= 4 is 26.0 Å². The topological polar surface area (TPSA) is 133 Å². The lowest BCUT2D eigenvalue weighted by atomic mass is 9.85. The van der Waals surface area contributed by atoms with Gasteiger partial charge in [-0.15, -0.1) is 0 Å². The molecule has 0 amide bonds. The monoisotopic (exact) mass is 468 g/mol. The van der Waals surface area contributed by atoms with Gasteiger partial charge >= 0.3 is 20.3 Å². The van der Waals surface area contributed by atoms with Crippen molar-refractivity contribution in [3.63, 3.8) is 0 Å². The van der Waals surface area contributed by atoms with Crippen LogP contribution in [0.5, 0.6) is 11.5 Å². The summed E-state index contributed by atoms with van der Waals surface area (Å²) < 4.78 is 55.1. The number of nitrogens with one attached hydrogen (secondary N) is 1. The van der Waals surface area contributed by atoms with Crippen molar-refractivity contribution in [3.8, 4) is 11.5 Å². The molecule has 0 saturated carbocycles. The van der Waals surface area contributed by atoms with E-state index in [-0.39, 0.29) is 29.0 Å². The maximum absolute atomic E-state index is 12.0. The summed E-state index contributed by atoms with van der Waals surface area (Å²) in [6.45, 7) is 6.08. The number of rotatable bonds is 5. The number of benzene rings is 2. The standard InChI is InChI=1S/C20H24N2O7S2/c1-20(2,3)15-6-8-18(29-30(4,25)26)14(11-15)9-13-5-7-16(17(23)10-13)22-12-19(24)21-31(22,27)28/h5-8,10-12,21,23-24H,9H2,1-4H3. The van der Waals surface area contributed by atoms with E-state index in [9.17, 15) is 27.0 Å². The summed E-state index contributed by atoms with van der Waals surface area (Å²) in [6, 6.07) is 9.62. The Labute approximate surface area is 181 Å². The first-order valence-electron chi connectivity index (χ1n) is 9.23. The van der Waals surface area contributed by atoms with E-state index >= 15 is 0 Å². The van der Waals surface area contributed by atoms with E-state index in [1.165, 1.54) is 12.1 Å². The molecule has 31 heavy (non-hydrogen) atoms. The Morgan fingerprint density at radius 1 is 1.10 bits per heavy atom. The van der Waals surface area contributed by atoms with Crippen LogP contribution in [0.4, 0.5) is 5.69 Å². The molecule has 9 nitrogen and oxygen atoms in total. The summed E-state index contributed by atoms with van der Waals surface area (Å²) in [5, 5.41) is 19.9. The van der Waals surface area contributed by atoms with Gasteiger partial charge in [0.05, 0.1) is 12.5 Å². The second-order valence-corrected chi connectivity index (χ2v) is 11.4. The molecule has 2 aromatic carbocycles. The Hall–Kier alpha value is -2.92. The number of anilines is 1. The van der Waals surface area contributed by atoms with Gasteiger partial charge in [0.2, 0.25) is 5.88 Å². The first-order valence-corrected chi connectivity index (χ1v) is 12.5. The molecule has 0 aromatic heterocycles. The van der Waals surface area contributed by atoms with Crippen molar-refractivity contribution < 1.29 is 31.2 Å². The van der Waals surface area contributed by atoms with Crippen molar-refractivity contribution in [3.05, 3.63) is 65.2 Å². The van der Waals surface area contributed by atoms with E-state index in [0.29, 0.717) is 11.1 Å². The molecule has 0 spiro atoms. The molecule has 1 aliphatic rings. The second kappa shape index (κ2) is 7.65. The van der Waals surface area contributed by atoms with Gasteiger partial charge in [0.1, 0.15) is 17.2 Å². The largest absolute Gasteiger partial charge is 0.506 e. The molecular weight excluding hydrogens is 444 g/mol. The van der Waals surface area contributed by atoms with Gasteiger partial charge in [-0.1, -0.05) is 39.0 Å². The summed E-state index contributed by atoms with van der Waals surface area (Å²) in [4.78, 5) is 0. The van der Waals surface area contributed by atoms with E-state index in [4.69, 9.17) is 4.18 Å². The average molecular weight is 469 g/mol. The van der Waals surface area contributed by atoms with Gasteiger partial charge in [-0.3, -0.25) is 0 Å². The van der Waals surface area contributed by atoms with Crippen LogP contribution in [0.15, 0.2) is 48.5 Å². The number of phenolic OH excluding ortho intramolecular Hbond substituents is 1.